The average molecular weight is 202 g/mol. The molecule has 84 valence electrons. The van der Waals surface area contributed by atoms with Crippen LogP contribution in [-0.4, -0.2) is 24.3 Å². The lowest BCUT2D eigenvalue weighted by Gasteiger charge is -2.16. The molecular weight excluding hydrogens is 180 g/mol. The standard InChI is InChI=1S/C11H22O3/c1-8(2)7-14-6-5-10(9(3)4)11(12)13/h8-10H,5-7H2,1-4H3,(H,12,13). The molecule has 3 heteroatoms. The molecule has 0 heterocycles. The molecule has 0 amide bonds. The normalized spacial score (nSPS) is 13.6. The van der Waals surface area contributed by atoms with Crippen molar-refractivity contribution in [3.8, 4) is 0 Å². The first-order chi connectivity index (χ1) is 6.45. The number of aliphatic carboxylic acids is 1. The van der Waals surface area contributed by atoms with E-state index in [2.05, 4.69) is 13.8 Å². The Balaban J connectivity index is 3.67. The van der Waals surface area contributed by atoms with Gasteiger partial charge >= 0.3 is 5.97 Å². The molecule has 1 N–H and O–H groups in total. The molecule has 0 aromatic heterocycles. The second kappa shape index (κ2) is 6.82. The summed E-state index contributed by atoms with van der Waals surface area (Å²) in [7, 11) is 0. The zero-order valence-corrected chi connectivity index (χ0v) is 9.62. The maximum atomic E-state index is 10.8. The van der Waals surface area contributed by atoms with Crippen molar-refractivity contribution >= 4 is 5.97 Å². The van der Waals surface area contributed by atoms with Gasteiger partial charge in [-0.15, -0.1) is 0 Å². The van der Waals surface area contributed by atoms with Crippen LogP contribution < -0.4 is 0 Å². The third-order valence-electron chi connectivity index (χ3n) is 2.15. The average Bonchev–Trinajstić information content (AvgIpc) is 2.01. The van der Waals surface area contributed by atoms with E-state index in [1.54, 1.807) is 0 Å². The van der Waals surface area contributed by atoms with Crippen molar-refractivity contribution in [1.82, 2.24) is 0 Å². The highest BCUT2D eigenvalue weighted by Crippen LogP contribution is 2.15. The maximum Gasteiger partial charge on any atom is 0.306 e. The van der Waals surface area contributed by atoms with Crippen molar-refractivity contribution in [1.29, 1.82) is 0 Å². The van der Waals surface area contributed by atoms with Gasteiger partial charge in [0.2, 0.25) is 0 Å². The van der Waals surface area contributed by atoms with Crippen LogP contribution in [0.3, 0.4) is 0 Å². The van der Waals surface area contributed by atoms with Crippen molar-refractivity contribution in [2.24, 2.45) is 17.8 Å². The smallest absolute Gasteiger partial charge is 0.306 e. The predicted molar refractivity (Wildman–Crippen MR) is 56.2 cm³/mol. The minimum absolute atomic E-state index is 0.176. The van der Waals surface area contributed by atoms with Gasteiger partial charge in [-0.05, 0) is 18.3 Å². The fourth-order valence-electron chi connectivity index (χ4n) is 1.27. The topological polar surface area (TPSA) is 46.5 Å². The van der Waals surface area contributed by atoms with Crippen molar-refractivity contribution in [2.75, 3.05) is 13.2 Å². The molecule has 0 aromatic rings. The minimum atomic E-state index is -0.715. The summed E-state index contributed by atoms with van der Waals surface area (Å²) < 4.78 is 5.36. The van der Waals surface area contributed by atoms with E-state index in [1.165, 1.54) is 0 Å². The Bertz CT molecular complexity index is 164. The monoisotopic (exact) mass is 202 g/mol. The van der Waals surface area contributed by atoms with E-state index in [4.69, 9.17) is 9.84 Å². The second-order valence-electron chi connectivity index (χ2n) is 4.45. The van der Waals surface area contributed by atoms with E-state index >= 15 is 0 Å². The van der Waals surface area contributed by atoms with Crippen LogP contribution in [-0.2, 0) is 9.53 Å². The summed E-state index contributed by atoms with van der Waals surface area (Å²) in [5.41, 5.74) is 0. The van der Waals surface area contributed by atoms with Gasteiger partial charge in [-0.25, -0.2) is 0 Å². The molecule has 0 saturated carbocycles. The number of carboxylic acids is 1. The second-order valence-corrected chi connectivity index (χ2v) is 4.45. The zero-order chi connectivity index (χ0) is 11.1. The van der Waals surface area contributed by atoms with Crippen LogP contribution in [0, 0.1) is 17.8 Å². The van der Waals surface area contributed by atoms with Crippen LogP contribution in [0.5, 0.6) is 0 Å². The van der Waals surface area contributed by atoms with Gasteiger partial charge in [0, 0.05) is 13.2 Å². The number of hydrogen-bond donors (Lipinski definition) is 1. The predicted octanol–water partition coefficient (Wildman–Crippen LogP) is 2.41. The Hall–Kier alpha value is -0.570. The lowest BCUT2D eigenvalue weighted by Crippen LogP contribution is -2.21. The first-order valence-corrected chi connectivity index (χ1v) is 5.25. The summed E-state index contributed by atoms with van der Waals surface area (Å²) in [6, 6.07) is 0. The molecule has 0 rings (SSSR count). The number of ether oxygens (including phenoxy) is 1. The lowest BCUT2D eigenvalue weighted by molar-refractivity contribution is -0.144. The Labute approximate surface area is 86.5 Å². The van der Waals surface area contributed by atoms with Crippen LogP contribution in [0.25, 0.3) is 0 Å². The van der Waals surface area contributed by atoms with E-state index < -0.39 is 5.97 Å². The van der Waals surface area contributed by atoms with Gasteiger partial charge in [-0.3, -0.25) is 4.79 Å². The maximum absolute atomic E-state index is 10.8. The molecule has 1 unspecified atom stereocenters. The molecule has 0 aliphatic heterocycles. The van der Waals surface area contributed by atoms with Gasteiger partial charge in [0.1, 0.15) is 0 Å². The molecule has 1 atom stereocenters. The molecule has 3 nitrogen and oxygen atoms in total. The zero-order valence-electron chi connectivity index (χ0n) is 9.62. The SMILES string of the molecule is CC(C)COCCC(C(=O)O)C(C)C. The van der Waals surface area contributed by atoms with Crippen LogP contribution in [0.4, 0.5) is 0 Å². The van der Waals surface area contributed by atoms with Crippen LogP contribution in [0.1, 0.15) is 34.1 Å². The molecule has 0 aliphatic rings. The fourth-order valence-corrected chi connectivity index (χ4v) is 1.27. The summed E-state index contributed by atoms with van der Waals surface area (Å²) in [4.78, 5) is 10.8. The Morgan fingerprint density at radius 1 is 1.29 bits per heavy atom. The molecule has 0 fully saturated rings. The largest absolute Gasteiger partial charge is 0.481 e. The van der Waals surface area contributed by atoms with Gasteiger partial charge < -0.3 is 9.84 Å². The van der Waals surface area contributed by atoms with Gasteiger partial charge in [-0.2, -0.15) is 0 Å². The van der Waals surface area contributed by atoms with E-state index in [-0.39, 0.29) is 11.8 Å². The van der Waals surface area contributed by atoms with E-state index in [0.29, 0.717) is 25.6 Å². The highest BCUT2D eigenvalue weighted by atomic mass is 16.5. The Morgan fingerprint density at radius 2 is 1.86 bits per heavy atom. The van der Waals surface area contributed by atoms with Crippen molar-refractivity contribution in [2.45, 2.75) is 34.1 Å². The van der Waals surface area contributed by atoms with Gasteiger partial charge in [0.05, 0.1) is 5.92 Å². The molecule has 0 spiro atoms. The van der Waals surface area contributed by atoms with Crippen molar-refractivity contribution in [3.05, 3.63) is 0 Å². The van der Waals surface area contributed by atoms with Crippen LogP contribution in [0.15, 0.2) is 0 Å². The van der Waals surface area contributed by atoms with Crippen molar-refractivity contribution in [3.63, 3.8) is 0 Å². The van der Waals surface area contributed by atoms with Crippen molar-refractivity contribution < 1.29 is 14.6 Å². The molecule has 0 aromatic carbocycles. The molecule has 0 aliphatic carbocycles. The Kier molecular flexibility index (Phi) is 6.54. The quantitative estimate of drug-likeness (QED) is 0.645. The number of carboxylic acid groups (broad SMARTS) is 1. The van der Waals surface area contributed by atoms with Gasteiger partial charge in [0.25, 0.3) is 0 Å². The molecule has 14 heavy (non-hydrogen) atoms. The summed E-state index contributed by atoms with van der Waals surface area (Å²) in [5, 5.41) is 8.90. The van der Waals surface area contributed by atoms with Gasteiger partial charge in [-0.1, -0.05) is 27.7 Å². The lowest BCUT2D eigenvalue weighted by atomic mass is 9.93. The molecule has 0 radical (unpaired) electrons. The molecular formula is C11H22O3. The van der Waals surface area contributed by atoms with E-state index in [1.807, 2.05) is 13.8 Å². The van der Waals surface area contributed by atoms with E-state index in [9.17, 15) is 4.79 Å². The molecule has 0 saturated heterocycles. The highest BCUT2D eigenvalue weighted by molar-refractivity contribution is 5.70. The summed E-state index contributed by atoms with van der Waals surface area (Å²) >= 11 is 0. The number of rotatable bonds is 7. The first-order valence-electron chi connectivity index (χ1n) is 5.25. The summed E-state index contributed by atoms with van der Waals surface area (Å²) in [5.74, 6) is -0.303. The summed E-state index contributed by atoms with van der Waals surface area (Å²) in [6.45, 7) is 9.29. The highest BCUT2D eigenvalue weighted by Gasteiger charge is 2.20. The van der Waals surface area contributed by atoms with Crippen LogP contribution >= 0.6 is 0 Å². The number of hydrogen-bond acceptors (Lipinski definition) is 2. The third kappa shape index (κ3) is 5.97. The number of carbonyl (C=O) groups is 1. The van der Waals surface area contributed by atoms with Gasteiger partial charge in [0.15, 0.2) is 0 Å². The van der Waals surface area contributed by atoms with E-state index in [0.717, 1.165) is 0 Å². The first kappa shape index (κ1) is 13.4. The fraction of sp³-hybridized carbons (Fsp3) is 0.909. The molecule has 0 bridgehead atoms. The summed E-state index contributed by atoms with van der Waals surface area (Å²) in [6.07, 6.45) is 0.611. The minimum Gasteiger partial charge on any atom is -0.481 e. The third-order valence-corrected chi connectivity index (χ3v) is 2.15. The Morgan fingerprint density at radius 3 is 2.21 bits per heavy atom. The van der Waals surface area contributed by atoms with Crippen LogP contribution in [0.2, 0.25) is 0 Å².